The summed E-state index contributed by atoms with van der Waals surface area (Å²) in [6, 6.07) is 7.21. The van der Waals surface area contributed by atoms with Gasteiger partial charge in [-0.2, -0.15) is 0 Å². The Kier molecular flexibility index (Phi) is 4.15. The summed E-state index contributed by atoms with van der Waals surface area (Å²) in [7, 11) is 0. The van der Waals surface area contributed by atoms with E-state index >= 15 is 0 Å². The van der Waals surface area contributed by atoms with Crippen molar-refractivity contribution in [3.05, 3.63) is 29.3 Å². The van der Waals surface area contributed by atoms with Crippen LogP contribution in [0, 0.1) is 6.92 Å². The van der Waals surface area contributed by atoms with Crippen molar-refractivity contribution in [3.8, 4) is 0 Å². The molecule has 0 radical (unpaired) electrons. The van der Waals surface area contributed by atoms with E-state index in [0.29, 0.717) is 18.6 Å². The summed E-state index contributed by atoms with van der Waals surface area (Å²) in [5.74, 6) is 0.00924. The second-order valence-electron chi connectivity index (χ2n) is 6.17. The fourth-order valence-corrected chi connectivity index (χ4v) is 3.68. The Morgan fingerprint density at radius 1 is 1.33 bits per heavy atom. The number of anilines is 1. The van der Waals surface area contributed by atoms with E-state index in [-0.39, 0.29) is 5.91 Å². The third kappa shape index (κ3) is 2.91. The normalized spacial score (nSPS) is 24.9. The van der Waals surface area contributed by atoms with E-state index in [1.54, 1.807) is 0 Å². The summed E-state index contributed by atoms with van der Waals surface area (Å²) in [6.45, 7) is 7.16. The predicted molar refractivity (Wildman–Crippen MR) is 85.8 cm³/mol. The molecule has 1 aromatic rings. The van der Waals surface area contributed by atoms with E-state index in [9.17, 15) is 4.79 Å². The number of hydrogen-bond acceptors (Lipinski definition) is 3. The summed E-state index contributed by atoms with van der Waals surface area (Å²) in [6.07, 6.45) is 3.87. The first-order valence-corrected chi connectivity index (χ1v) is 8.08. The highest BCUT2D eigenvalue weighted by Crippen LogP contribution is 2.31. The lowest BCUT2D eigenvalue weighted by Crippen LogP contribution is -2.34. The van der Waals surface area contributed by atoms with Gasteiger partial charge in [-0.3, -0.25) is 9.69 Å². The van der Waals surface area contributed by atoms with E-state index in [1.165, 1.54) is 38.0 Å². The SMILES string of the molecule is CCNC(=O)c1ccc(NC2CCN3CCCC23)c(C)c1. The molecule has 2 unspecified atom stereocenters. The Bertz CT molecular complexity index is 529. The van der Waals surface area contributed by atoms with Crippen LogP contribution >= 0.6 is 0 Å². The van der Waals surface area contributed by atoms with Crippen LogP contribution in [0.1, 0.15) is 42.1 Å². The molecule has 0 aromatic heterocycles. The van der Waals surface area contributed by atoms with Crippen molar-refractivity contribution in [3.63, 3.8) is 0 Å². The lowest BCUT2D eigenvalue weighted by atomic mass is 10.0. The summed E-state index contributed by atoms with van der Waals surface area (Å²) in [4.78, 5) is 14.5. The Hall–Kier alpha value is -1.55. The van der Waals surface area contributed by atoms with Gasteiger partial charge in [0.15, 0.2) is 0 Å². The maximum Gasteiger partial charge on any atom is 0.251 e. The van der Waals surface area contributed by atoms with Gasteiger partial charge in [-0.25, -0.2) is 0 Å². The van der Waals surface area contributed by atoms with Crippen LogP contribution in [0.2, 0.25) is 0 Å². The molecule has 2 aliphatic heterocycles. The molecule has 1 aromatic carbocycles. The molecule has 0 bridgehead atoms. The summed E-state index contributed by atoms with van der Waals surface area (Å²) in [5, 5.41) is 6.55. The minimum atomic E-state index is 0.00924. The number of nitrogens with zero attached hydrogens (tertiary/aromatic N) is 1. The number of carbonyl (C=O) groups excluding carboxylic acids is 1. The highest BCUT2D eigenvalue weighted by molar-refractivity contribution is 5.94. The number of amides is 1. The van der Waals surface area contributed by atoms with Crippen LogP contribution in [0.5, 0.6) is 0 Å². The van der Waals surface area contributed by atoms with Crippen LogP contribution in [-0.4, -0.2) is 42.5 Å². The van der Waals surface area contributed by atoms with Gasteiger partial charge in [0.05, 0.1) is 0 Å². The number of hydrogen-bond donors (Lipinski definition) is 2. The Morgan fingerprint density at radius 2 is 2.19 bits per heavy atom. The van der Waals surface area contributed by atoms with Crippen molar-refractivity contribution in [2.24, 2.45) is 0 Å². The van der Waals surface area contributed by atoms with Crippen molar-refractivity contribution in [1.29, 1.82) is 0 Å². The van der Waals surface area contributed by atoms with Gasteiger partial charge >= 0.3 is 0 Å². The highest BCUT2D eigenvalue weighted by atomic mass is 16.1. The molecule has 0 saturated carbocycles. The lowest BCUT2D eigenvalue weighted by Gasteiger charge is -2.23. The van der Waals surface area contributed by atoms with Crippen molar-refractivity contribution in [2.45, 2.75) is 45.2 Å². The minimum Gasteiger partial charge on any atom is -0.380 e. The van der Waals surface area contributed by atoms with Gasteiger partial charge in [0.2, 0.25) is 0 Å². The first-order valence-electron chi connectivity index (χ1n) is 8.08. The van der Waals surface area contributed by atoms with E-state index < -0.39 is 0 Å². The first-order chi connectivity index (χ1) is 10.2. The van der Waals surface area contributed by atoms with Crippen molar-refractivity contribution >= 4 is 11.6 Å². The van der Waals surface area contributed by atoms with Gasteiger partial charge in [0.25, 0.3) is 5.91 Å². The molecule has 2 N–H and O–H groups in total. The van der Waals surface area contributed by atoms with Gasteiger partial charge < -0.3 is 10.6 Å². The average molecular weight is 287 g/mol. The number of aryl methyl sites for hydroxylation is 1. The number of fused-ring (bicyclic) bond motifs is 1. The van der Waals surface area contributed by atoms with E-state index in [4.69, 9.17) is 0 Å². The molecule has 2 atom stereocenters. The van der Waals surface area contributed by atoms with E-state index in [2.05, 4.69) is 28.5 Å². The van der Waals surface area contributed by atoms with Crippen LogP contribution < -0.4 is 10.6 Å². The predicted octanol–water partition coefficient (Wildman–Crippen LogP) is 2.39. The summed E-state index contributed by atoms with van der Waals surface area (Å²) >= 11 is 0. The molecule has 21 heavy (non-hydrogen) atoms. The molecule has 2 aliphatic rings. The molecule has 4 heteroatoms. The summed E-state index contributed by atoms with van der Waals surface area (Å²) in [5.41, 5.74) is 3.06. The largest absolute Gasteiger partial charge is 0.380 e. The van der Waals surface area contributed by atoms with Crippen molar-refractivity contribution in [2.75, 3.05) is 25.0 Å². The second-order valence-corrected chi connectivity index (χ2v) is 6.17. The van der Waals surface area contributed by atoms with Crippen LogP contribution in [0.3, 0.4) is 0 Å². The average Bonchev–Trinajstić information content (AvgIpc) is 3.06. The molecule has 114 valence electrons. The van der Waals surface area contributed by atoms with Crippen LogP contribution in [0.25, 0.3) is 0 Å². The molecule has 2 fully saturated rings. The minimum absolute atomic E-state index is 0.00924. The van der Waals surface area contributed by atoms with Gasteiger partial charge in [-0.1, -0.05) is 0 Å². The highest BCUT2D eigenvalue weighted by Gasteiger charge is 2.37. The van der Waals surface area contributed by atoms with Gasteiger partial charge in [0.1, 0.15) is 0 Å². The Balaban J connectivity index is 1.70. The molecule has 3 rings (SSSR count). The number of rotatable bonds is 4. The van der Waals surface area contributed by atoms with E-state index in [1.807, 2.05) is 19.1 Å². The molecule has 2 heterocycles. The lowest BCUT2D eigenvalue weighted by molar-refractivity contribution is 0.0956. The first kappa shape index (κ1) is 14.4. The Morgan fingerprint density at radius 3 is 2.95 bits per heavy atom. The van der Waals surface area contributed by atoms with Gasteiger partial charge in [0, 0.05) is 36.4 Å². The molecule has 1 amide bonds. The Labute approximate surface area is 126 Å². The fourth-order valence-electron chi connectivity index (χ4n) is 3.68. The maximum absolute atomic E-state index is 11.9. The van der Waals surface area contributed by atoms with Crippen molar-refractivity contribution in [1.82, 2.24) is 10.2 Å². The molecule has 2 saturated heterocycles. The van der Waals surface area contributed by atoms with Gasteiger partial charge in [-0.05, 0) is 63.4 Å². The molecule has 0 aliphatic carbocycles. The van der Waals surface area contributed by atoms with Gasteiger partial charge in [-0.15, -0.1) is 0 Å². The van der Waals surface area contributed by atoms with Crippen molar-refractivity contribution < 1.29 is 4.79 Å². The number of carbonyl (C=O) groups is 1. The topological polar surface area (TPSA) is 44.4 Å². The van der Waals surface area contributed by atoms with Crippen LogP contribution in [0.15, 0.2) is 18.2 Å². The third-order valence-electron chi connectivity index (χ3n) is 4.77. The summed E-state index contributed by atoms with van der Waals surface area (Å²) < 4.78 is 0. The van der Waals surface area contributed by atoms with E-state index in [0.717, 1.165) is 11.1 Å². The van der Waals surface area contributed by atoms with Crippen LogP contribution in [0.4, 0.5) is 5.69 Å². The molecular weight excluding hydrogens is 262 g/mol. The zero-order chi connectivity index (χ0) is 14.8. The zero-order valence-electron chi connectivity index (χ0n) is 13.0. The maximum atomic E-state index is 11.9. The van der Waals surface area contributed by atoms with Crippen LogP contribution in [-0.2, 0) is 0 Å². The third-order valence-corrected chi connectivity index (χ3v) is 4.77. The monoisotopic (exact) mass is 287 g/mol. The molecular formula is C17H25N3O. The zero-order valence-corrected chi connectivity index (χ0v) is 13.0. The number of nitrogens with one attached hydrogen (secondary N) is 2. The quantitative estimate of drug-likeness (QED) is 0.894. The fraction of sp³-hybridized carbons (Fsp3) is 0.588. The standard InChI is InChI=1S/C17H25N3O/c1-3-18-17(21)13-6-7-14(12(2)11-13)19-15-8-10-20-9-4-5-16(15)20/h6-7,11,15-16,19H,3-5,8-10H2,1-2H3,(H,18,21). The molecule has 0 spiro atoms. The smallest absolute Gasteiger partial charge is 0.251 e. The second kappa shape index (κ2) is 6.06. The molecule has 4 nitrogen and oxygen atoms in total. The number of benzene rings is 1.